The third-order valence-electron chi connectivity index (χ3n) is 4.17. The highest BCUT2D eigenvalue weighted by molar-refractivity contribution is 5.95. The standard InChI is InChI=1S/C15H15N5O/c16-12-2-1-3-13-14(12)18-9-20(13)15(21)10-4-5-19-8-17-7-11(19)6-10/h1-3,7-10H,4-6,16H2. The Morgan fingerprint density at radius 3 is 3.14 bits per heavy atom. The second-order valence-corrected chi connectivity index (χ2v) is 5.44. The Morgan fingerprint density at radius 2 is 2.24 bits per heavy atom. The third kappa shape index (κ3) is 1.83. The number of carbonyl (C=O) groups excluding carboxylic acids is 1. The Morgan fingerprint density at radius 1 is 1.33 bits per heavy atom. The molecule has 2 N–H and O–H groups in total. The summed E-state index contributed by atoms with van der Waals surface area (Å²) in [4.78, 5) is 21.2. The average Bonchev–Trinajstić information content (AvgIpc) is 3.13. The molecule has 0 fully saturated rings. The van der Waals surface area contributed by atoms with Crippen molar-refractivity contribution < 1.29 is 4.79 Å². The van der Waals surface area contributed by atoms with Crippen LogP contribution in [0.1, 0.15) is 16.9 Å². The van der Waals surface area contributed by atoms with Gasteiger partial charge in [0.15, 0.2) is 0 Å². The van der Waals surface area contributed by atoms with Crippen LogP contribution in [0.5, 0.6) is 0 Å². The summed E-state index contributed by atoms with van der Waals surface area (Å²) in [7, 11) is 0. The van der Waals surface area contributed by atoms with Crippen LogP contribution < -0.4 is 5.73 Å². The van der Waals surface area contributed by atoms with Crippen molar-refractivity contribution >= 4 is 22.6 Å². The maximum Gasteiger partial charge on any atom is 0.235 e. The first-order chi connectivity index (χ1) is 10.2. The van der Waals surface area contributed by atoms with E-state index in [-0.39, 0.29) is 11.8 Å². The summed E-state index contributed by atoms with van der Waals surface area (Å²) in [5.74, 6) is 0.0450. The van der Waals surface area contributed by atoms with Crippen LogP contribution in [0.25, 0.3) is 11.0 Å². The number of hydrogen-bond donors (Lipinski definition) is 1. The molecule has 1 aliphatic rings. The highest BCUT2D eigenvalue weighted by Gasteiger charge is 2.27. The van der Waals surface area contributed by atoms with Crippen molar-refractivity contribution in [3.05, 3.63) is 42.7 Å². The van der Waals surface area contributed by atoms with Crippen LogP contribution in [0.15, 0.2) is 37.1 Å². The van der Waals surface area contributed by atoms with E-state index >= 15 is 0 Å². The van der Waals surface area contributed by atoms with E-state index in [1.54, 1.807) is 17.0 Å². The number of fused-ring (bicyclic) bond motifs is 2. The molecule has 0 amide bonds. The zero-order chi connectivity index (χ0) is 14.4. The summed E-state index contributed by atoms with van der Waals surface area (Å²) >= 11 is 0. The summed E-state index contributed by atoms with van der Waals surface area (Å²) in [5.41, 5.74) is 9.07. The van der Waals surface area contributed by atoms with E-state index in [2.05, 4.69) is 14.5 Å². The molecular weight excluding hydrogens is 266 g/mol. The van der Waals surface area contributed by atoms with Gasteiger partial charge in [-0.2, -0.15) is 0 Å². The van der Waals surface area contributed by atoms with Crippen molar-refractivity contribution in [3.8, 4) is 0 Å². The van der Waals surface area contributed by atoms with Gasteiger partial charge in [-0.25, -0.2) is 9.97 Å². The van der Waals surface area contributed by atoms with Gasteiger partial charge < -0.3 is 10.3 Å². The van der Waals surface area contributed by atoms with E-state index in [0.29, 0.717) is 11.2 Å². The summed E-state index contributed by atoms with van der Waals surface area (Å²) in [5, 5.41) is 0. The second kappa shape index (κ2) is 4.44. The molecule has 1 unspecified atom stereocenters. The van der Waals surface area contributed by atoms with Crippen molar-refractivity contribution in [2.45, 2.75) is 19.4 Å². The largest absolute Gasteiger partial charge is 0.397 e. The van der Waals surface area contributed by atoms with Gasteiger partial charge in [0.1, 0.15) is 11.8 Å². The van der Waals surface area contributed by atoms with E-state index < -0.39 is 0 Å². The van der Waals surface area contributed by atoms with Crippen LogP contribution in [-0.4, -0.2) is 25.0 Å². The quantitative estimate of drug-likeness (QED) is 0.689. The van der Waals surface area contributed by atoms with Gasteiger partial charge in [-0.1, -0.05) is 6.07 Å². The Labute approximate surface area is 121 Å². The van der Waals surface area contributed by atoms with Gasteiger partial charge in [0.05, 0.1) is 17.5 Å². The molecule has 0 saturated carbocycles. The first-order valence-corrected chi connectivity index (χ1v) is 6.99. The molecule has 0 saturated heterocycles. The number of aryl methyl sites for hydroxylation is 1. The molecule has 1 atom stereocenters. The Hall–Kier alpha value is -2.63. The van der Waals surface area contributed by atoms with Crippen molar-refractivity contribution in [3.63, 3.8) is 0 Å². The van der Waals surface area contributed by atoms with Gasteiger partial charge >= 0.3 is 0 Å². The molecule has 0 spiro atoms. The maximum atomic E-state index is 12.8. The summed E-state index contributed by atoms with van der Waals surface area (Å²) < 4.78 is 3.73. The van der Waals surface area contributed by atoms with E-state index in [4.69, 9.17) is 5.73 Å². The number of nitrogens with zero attached hydrogens (tertiary/aromatic N) is 4. The van der Waals surface area contributed by atoms with Crippen LogP contribution in [0.2, 0.25) is 0 Å². The van der Waals surface area contributed by atoms with Crippen molar-refractivity contribution in [1.82, 2.24) is 19.1 Å². The molecule has 6 nitrogen and oxygen atoms in total. The maximum absolute atomic E-state index is 12.8. The lowest BCUT2D eigenvalue weighted by Gasteiger charge is -2.22. The van der Waals surface area contributed by atoms with Gasteiger partial charge in [-0.15, -0.1) is 0 Å². The molecule has 0 bridgehead atoms. The fourth-order valence-electron chi connectivity index (χ4n) is 3.01. The number of imidazole rings is 2. The minimum absolute atomic E-state index is 0.0342. The predicted molar refractivity (Wildman–Crippen MR) is 78.8 cm³/mol. The molecule has 0 aliphatic carbocycles. The second-order valence-electron chi connectivity index (χ2n) is 5.44. The molecule has 2 aromatic heterocycles. The first kappa shape index (κ1) is 12.1. The number of anilines is 1. The molecule has 106 valence electrons. The smallest absolute Gasteiger partial charge is 0.235 e. The highest BCUT2D eigenvalue weighted by atomic mass is 16.2. The molecule has 0 radical (unpaired) electrons. The third-order valence-corrected chi connectivity index (χ3v) is 4.17. The number of nitrogen functional groups attached to an aromatic ring is 1. The fourth-order valence-corrected chi connectivity index (χ4v) is 3.01. The number of carbonyl (C=O) groups is 1. The fraction of sp³-hybridized carbons (Fsp3) is 0.267. The monoisotopic (exact) mass is 281 g/mol. The van der Waals surface area contributed by atoms with Crippen LogP contribution >= 0.6 is 0 Å². The lowest BCUT2D eigenvalue weighted by molar-refractivity contribution is 0.0817. The molecule has 4 rings (SSSR count). The topological polar surface area (TPSA) is 78.7 Å². The van der Waals surface area contributed by atoms with Crippen LogP contribution in [0.4, 0.5) is 5.69 Å². The average molecular weight is 281 g/mol. The minimum atomic E-state index is -0.0342. The first-order valence-electron chi connectivity index (χ1n) is 6.99. The Bertz CT molecular complexity index is 832. The van der Waals surface area contributed by atoms with E-state index in [1.165, 1.54) is 0 Å². The van der Waals surface area contributed by atoms with Crippen LogP contribution in [0, 0.1) is 5.92 Å². The van der Waals surface area contributed by atoms with Gasteiger partial charge in [0, 0.05) is 30.8 Å². The van der Waals surface area contributed by atoms with Gasteiger partial charge in [0.2, 0.25) is 5.91 Å². The lowest BCUT2D eigenvalue weighted by atomic mass is 9.95. The van der Waals surface area contributed by atoms with Crippen LogP contribution in [0.3, 0.4) is 0 Å². The molecule has 21 heavy (non-hydrogen) atoms. The van der Waals surface area contributed by atoms with E-state index in [1.807, 2.05) is 24.7 Å². The molecule has 1 aliphatic heterocycles. The minimum Gasteiger partial charge on any atom is -0.397 e. The SMILES string of the molecule is Nc1cccc2c1ncn2C(=O)C1CCn2cncc2C1. The Balaban J connectivity index is 1.70. The van der Waals surface area contributed by atoms with Gasteiger partial charge in [0.25, 0.3) is 0 Å². The number of aromatic nitrogens is 4. The number of hydrogen-bond acceptors (Lipinski definition) is 4. The predicted octanol–water partition coefficient (Wildman–Crippen LogP) is 1.72. The molecule has 3 heterocycles. The summed E-state index contributed by atoms with van der Waals surface area (Å²) in [6, 6.07) is 5.52. The number of para-hydroxylation sites is 1. The number of nitrogens with two attached hydrogens (primary N) is 1. The molecular formula is C15H15N5O. The van der Waals surface area contributed by atoms with Crippen molar-refractivity contribution in [1.29, 1.82) is 0 Å². The van der Waals surface area contributed by atoms with Crippen molar-refractivity contribution in [2.75, 3.05) is 5.73 Å². The highest BCUT2D eigenvalue weighted by Crippen LogP contribution is 2.25. The van der Waals surface area contributed by atoms with Crippen molar-refractivity contribution in [2.24, 2.45) is 5.92 Å². The number of rotatable bonds is 1. The van der Waals surface area contributed by atoms with E-state index in [0.717, 1.165) is 30.6 Å². The zero-order valence-electron chi connectivity index (χ0n) is 11.4. The summed E-state index contributed by atoms with van der Waals surface area (Å²) in [6.07, 6.45) is 6.78. The van der Waals surface area contributed by atoms with Crippen LogP contribution in [-0.2, 0) is 13.0 Å². The lowest BCUT2D eigenvalue weighted by Crippen LogP contribution is -2.28. The zero-order valence-corrected chi connectivity index (χ0v) is 11.4. The van der Waals surface area contributed by atoms with Gasteiger partial charge in [-0.3, -0.25) is 9.36 Å². The molecule has 3 aromatic rings. The van der Waals surface area contributed by atoms with Gasteiger partial charge in [-0.05, 0) is 18.6 Å². The normalized spacial score (nSPS) is 17.8. The molecule has 1 aromatic carbocycles. The molecule has 6 heteroatoms. The summed E-state index contributed by atoms with van der Waals surface area (Å²) in [6.45, 7) is 0.834. The number of benzene rings is 1. The Kier molecular flexibility index (Phi) is 2.57. The van der Waals surface area contributed by atoms with E-state index in [9.17, 15) is 4.79 Å².